The fourth-order valence-corrected chi connectivity index (χ4v) is 2.56. The largest absolute Gasteiger partial charge is 0.384 e. The van der Waals surface area contributed by atoms with Crippen LogP contribution < -0.4 is 5.73 Å². The molecule has 0 amide bonds. The molecule has 3 rings (SSSR count). The van der Waals surface area contributed by atoms with E-state index in [-0.39, 0.29) is 12.0 Å². The van der Waals surface area contributed by atoms with Crippen molar-refractivity contribution in [3.63, 3.8) is 0 Å². The number of nitrogens with two attached hydrogens (primary N) is 1. The molecule has 2 aromatic rings. The van der Waals surface area contributed by atoms with E-state index in [9.17, 15) is 0 Å². The van der Waals surface area contributed by atoms with Crippen LogP contribution in [-0.4, -0.2) is 27.8 Å². The molecule has 2 unspecified atom stereocenters. The van der Waals surface area contributed by atoms with E-state index in [0.717, 1.165) is 30.7 Å². The Morgan fingerprint density at radius 2 is 2.15 bits per heavy atom. The molecule has 0 aromatic carbocycles. The third-order valence-corrected chi connectivity index (χ3v) is 3.51. The first kappa shape index (κ1) is 13.1. The van der Waals surface area contributed by atoms with Crippen LogP contribution in [0.4, 0.5) is 5.82 Å². The van der Waals surface area contributed by atoms with Crippen LogP contribution in [0, 0.1) is 6.92 Å². The molecule has 0 radical (unpaired) electrons. The van der Waals surface area contributed by atoms with Crippen LogP contribution in [0.15, 0.2) is 16.7 Å². The highest BCUT2D eigenvalue weighted by atomic mass is 16.5. The monoisotopic (exact) mass is 274 g/mol. The van der Waals surface area contributed by atoms with E-state index in [1.807, 2.05) is 13.0 Å². The standard InChI is InChI=1S/C14H18N4O2/c1-8-5-11(7-12(15)16-8)13-17-14(20-18-13)10-3-4-19-9(2)6-10/h5,7,9-10H,3-4,6H2,1-2H3,(H2,15,16). The van der Waals surface area contributed by atoms with Crippen molar-refractivity contribution in [3.05, 3.63) is 23.7 Å². The minimum Gasteiger partial charge on any atom is -0.384 e. The van der Waals surface area contributed by atoms with Gasteiger partial charge in [0.2, 0.25) is 11.7 Å². The number of aryl methyl sites for hydroxylation is 1. The van der Waals surface area contributed by atoms with Crippen molar-refractivity contribution >= 4 is 5.82 Å². The van der Waals surface area contributed by atoms with E-state index >= 15 is 0 Å². The van der Waals surface area contributed by atoms with Crippen LogP contribution in [-0.2, 0) is 4.74 Å². The fraction of sp³-hybridized carbons (Fsp3) is 0.500. The number of anilines is 1. The maximum Gasteiger partial charge on any atom is 0.230 e. The van der Waals surface area contributed by atoms with Crippen LogP contribution in [0.2, 0.25) is 0 Å². The van der Waals surface area contributed by atoms with Crippen LogP contribution in [0.25, 0.3) is 11.4 Å². The summed E-state index contributed by atoms with van der Waals surface area (Å²) in [6.07, 6.45) is 2.07. The topological polar surface area (TPSA) is 87.1 Å². The molecule has 1 fully saturated rings. The first-order valence-electron chi connectivity index (χ1n) is 6.81. The molecule has 1 saturated heterocycles. The lowest BCUT2D eigenvalue weighted by molar-refractivity contribution is 0.0134. The number of nitrogens with zero attached hydrogens (tertiary/aromatic N) is 3. The van der Waals surface area contributed by atoms with Crippen LogP contribution >= 0.6 is 0 Å². The van der Waals surface area contributed by atoms with Gasteiger partial charge in [-0.25, -0.2) is 4.98 Å². The molecule has 106 valence electrons. The average Bonchev–Trinajstić information content (AvgIpc) is 2.87. The third kappa shape index (κ3) is 2.65. The highest BCUT2D eigenvalue weighted by Gasteiger charge is 2.26. The Kier molecular flexibility index (Phi) is 3.40. The van der Waals surface area contributed by atoms with Gasteiger partial charge in [0.1, 0.15) is 5.82 Å². The molecule has 0 aliphatic carbocycles. The summed E-state index contributed by atoms with van der Waals surface area (Å²) in [5.74, 6) is 1.99. The smallest absolute Gasteiger partial charge is 0.230 e. The zero-order valence-corrected chi connectivity index (χ0v) is 11.7. The van der Waals surface area contributed by atoms with Gasteiger partial charge in [0.25, 0.3) is 0 Å². The lowest BCUT2D eigenvalue weighted by Crippen LogP contribution is -2.21. The Hall–Kier alpha value is -1.95. The molecule has 0 bridgehead atoms. The van der Waals surface area contributed by atoms with Gasteiger partial charge in [-0.15, -0.1) is 0 Å². The van der Waals surface area contributed by atoms with E-state index in [1.54, 1.807) is 6.07 Å². The maximum atomic E-state index is 5.75. The minimum absolute atomic E-state index is 0.239. The highest BCUT2D eigenvalue weighted by Crippen LogP contribution is 2.30. The quantitative estimate of drug-likeness (QED) is 0.904. The van der Waals surface area contributed by atoms with Gasteiger partial charge in [-0.05, 0) is 38.8 Å². The third-order valence-electron chi connectivity index (χ3n) is 3.51. The molecule has 6 heteroatoms. The van der Waals surface area contributed by atoms with Crippen LogP contribution in [0.3, 0.4) is 0 Å². The lowest BCUT2D eigenvalue weighted by Gasteiger charge is -2.24. The van der Waals surface area contributed by atoms with E-state index in [4.69, 9.17) is 15.0 Å². The summed E-state index contributed by atoms with van der Waals surface area (Å²) in [6, 6.07) is 3.66. The zero-order chi connectivity index (χ0) is 14.1. The van der Waals surface area contributed by atoms with E-state index < -0.39 is 0 Å². The molecule has 6 nitrogen and oxygen atoms in total. The summed E-state index contributed by atoms with van der Waals surface area (Å²) in [6.45, 7) is 4.70. The Labute approximate surface area is 117 Å². The molecular weight excluding hydrogens is 256 g/mol. The van der Waals surface area contributed by atoms with E-state index in [1.165, 1.54) is 0 Å². The van der Waals surface area contributed by atoms with Crippen LogP contribution in [0.1, 0.15) is 37.3 Å². The minimum atomic E-state index is 0.239. The van der Waals surface area contributed by atoms with Crippen molar-refractivity contribution in [1.82, 2.24) is 15.1 Å². The normalized spacial score (nSPS) is 22.9. The summed E-state index contributed by atoms with van der Waals surface area (Å²) in [5, 5.41) is 4.06. The molecular formula is C14H18N4O2. The summed E-state index contributed by atoms with van der Waals surface area (Å²) < 4.78 is 10.9. The SMILES string of the molecule is Cc1cc(-c2noc(C3CCOC(C)C3)n2)cc(N)n1. The van der Waals surface area contributed by atoms with Crippen molar-refractivity contribution < 1.29 is 9.26 Å². The first-order valence-corrected chi connectivity index (χ1v) is 6.81. The molecule has 20 heavy (non-hydrogen) atoms. The van der Waals surface area contributed by atoms with E-state index in [0.29, 0.717) is 17.5 Å². The van der Waals surface area contributed by atoms with Gasteiger partial charge >= 0.3 is 0 Å². The predicted molar refractivity (Wildman–Crippen MR) is 74.1 cm³/mol. The molecule has 1 aliphatic rings. The van der Waals surface area contributed by atoms with Gasteiger partial charge < -0.3 is 15.0 Å². The molecule has 3 heterocycles. The summed E-state index contributed by atoms with van der Waals surface area (Å²) >= 11 is 0. The summed E-state index contributed by atoms with van der Waals surface area (Å²) in [4.78, 5) is 8.65. The zero-order valence-electron chi connectivity index (χ0n) is 11.7. The number of hydrogen-bond acceptors (Lipinski definition) is 6. The number of nitrogen functional groups attached to an aromatic ring is 1. The molecule has 0 saturated carbocycles. The highest BCUT2D eigenvalue weighted by molar-refractivity contribution is 5.59. The number of hydrogen-bond donors (Lipinski definition) is 1. The second kappa shape index (κ2) is 5.20. The summed E-state index contributed by atoms with van der Waals surface area (Å²) in [5.41, 5.74) is 7.43. The van der Waals surface area contributed by atoms with Gasteiger partial charge in [-0.3, -0.25) is 0 Å². The van der Waals surface area contributed by atoms with Crippen molar-refractivity contribution in [2.45, 2.75) is 38.7 Å². The van der Waals surface area contributed by atoms with Crippen molar-refractivity contribution in [1.29, 1.82) is 0 Å². The van der Waals surface area contributed by atoms with Gasteiger partial charge in [0.05, 0.1) is 6.10 Å². The maximum absolute atomic E-state index is 5.75. The van der Waals surface area contributed by atoms with Crippen LogP contribution in [0.5, 0.6) is 0 Å². The Morgan fingerprint density at radius 3 is 2.90 bits per heavy atom. The predicted octanol–water partition coefficient (Wildman–Crippen LogP) is 2.30. The number of pyridine rings is 1. The number of rotatable bonds is 2. The summed E-state index contributed by atoms with van der Waals surface area (Å²) in [7, 11) is 0. The number of ether oxygens (including phenoxy) is 1. The Bertz CT molecular complexity index is 591. The molecule has 2 N–H and O–H groups in total. The Balaban J connectivity index is 1.86. The first-order chi connectivity index (χ1) is 9.61. The van der Waals surface area contributed by atoms with Gasteiger partial charge in [0.15, 0.2) is 0 Å². The molecule has 1 aliphatic heterocycles. The molecule has 0 spiro atoms. The van der Waals surface area contributed by atoms with E-state index in [2.05, 4.69) is 22.0 Å². The Morgan fingerprint density at radius 1 is 1.30 bits per heavy atom. The molecule has 2 atom stereocenters. The molecule has 2 aromatic heterocycles. The lowest BCUT2D eigenvalue weighted by atomic mass is 9.96. The van der Waals surface area contributed by atoms with Crippen molar-refractivity contribution in [2.24, 2.45) is 0 Å². The van der Waals surface area contributed by atoms with Crippen molar-refractivity contribution in [2.75, 3.05) is 12.3 Å². The van der Waals surface area contributed by atoms with Gasteiger partial charge in [0, 0.05) is 23.8 Å². The van der Waals surface area contributed by atoms with Crippen molar-refractivity contribution in [3.8, 4) is 11.4 Å². The second-order valence-corrected chi connectivity index (χ2v) is 5.28. The number of aromatic nitrogens is 3. The average molecular weight is 274 g/mol. The van der Waals surface area contributed by atoms with Gasteiger partial charge in [-0.1, -0.05) is 5.16 Å². The second-order valence-electron chi connectivity index (χ2n) is 5.28. The van der Waals surface area contributed by atoms with Gasteiger partial charge in [-0.2, -0.15) is 4.98 Å². The fourth-order valence-electron chi connectivity index (χ4n) is 2.56.